The Kier molecular flexibility index (Phi) is 3.90. The van der Waals surface area contributed by atoms with E-state index in [9.17, 15) is 4.79 Å². The zero-order valence-corrected chi connectivity index (χ0v) is 12.4. The van der Waals surface area contributed by atoms with E-state index in [0.29, 0.717) is 16.8 Å². The van der Waals surface area contributed by atoms with Crippen molar-refractivity contribution < 1.29 is 4.42 Å². The standard InChI is InChI=1S/C16H23N3O2/c1-10-3-2-4-11(7-10)5-6-18-13-9-14-15(8-12(13)17)21-16(20)19-14/h8-11,18H,2-7,17H2,1H3,(H,19,20). The minimum absolute atomic E-state index is 0.447. The number of hydrogen-bond acceptors (Lipinski definition) is 4. The van der Waals surface area contributed by atoms with Gasteiger partial charge in [0.25, 0.3) is 0 Å². The summed E-state index contributed by atoms with van der Waals surface area (Å²) in [4.78, 5) is 13.8. The third-order valence-corrected chi connectivity index (χ3v) is 4.50. The lowest BCUT2D eigenvalue weighted by atomic mass is 9.81. The average molecular weight is 289 g/mol. The number of rotatable bonds is 4. The topological polar surface area (TPSA) is 84.0 Å². The number of hydrogen-bond donors (Lipinski definition) is 3. The van der Waals surface area contributed by atoms with E-state index < -0.39 is 5.76 Å². The summed E-state index contributed by atoms with van der Waals surface area (Å²) >= 11 is 0. The fourth-order valence-corrected chi connectivity index (χ4v) is 3.40. The van der Waals surface area contributed by atoms with E-state index in [4.69, 9.17) is 10.2 Å². The number of nitrogen functional groups attached to an aromatic ring is 1. The quantitative estimate of drug-likeness (QED) is 0.754. The van der Waals surface area contributed by atoms with Gasteiger partial charge in [0.05, 0.1) is 16.9 Å². The summed E-state index contributed by atoms with van der Waals surface area (Å²) in [7, 11) is 0. The van der Waals surface area contributed by atoms with E-state index in [2.05, 4.69) is 17.2 Å². The van der Waals surface area contributed by atoms with Crippen molar-refractivity contribution in [3.8, 4) is 0 Å². The number of anilines is 2. The maximum Gasteiger partial charge on any atom is 0.417 e. The van der Waals surface area contributed by atoms with Gasteiger partial charge in [0.15, 0.2) is 5.58 Å². The summed E-state index contributed by atoms with van der Waals surface area (Å²) in [6, 6.07) is 3.54. The molecular formula is C16H23N3O2. The smallest absolute Gasteiger partial charge is 0.408 e. The number of nitrogens with two attached hydrogens (primary N) is 1. The third-order valence-electron chi connectivity index (χ3n) is 4.50. The van der Waals surface area contributed by atoms with Gasteiger partial charge in [-0.15, -0.1) is 0 Å². The van der Waals surface area contributed by atoms with Crippen LogP contribution in [-0.2, 0) is 0 Å². The fourth-order valence-electron chi connectivity index (χ4n) is 3.40. The van der Waals surface area contributed by atoms with Gasteiger partial charge in [0, 0.05) is 12.6 Å². The highest BCUT2D eigenvalue weighted by Gasteiger charge is 2.18. The second kappa shape index (κ2) is 5.84. The molecule has 1 aromatic carbocycles. The molecule has 1 fully saturated rings. The molecule has 21 heavy (non-hydrogen) atoms. The van der Waals surface area contributed by atoms with E-state index in [-0.39, 0.29) is 0 Å². The van der Waals surface area contributed by atoms with Crippen molar-refractivity contribution in [3.63, 3.8) is 0 Å². The molecule has 1 heterocycles. The number of aromatic amines is 1. The van der Waals surface area contributed by atoms with Crippen LogP contribution in [0.5, 0.6) is 0 Å². The van der Waals surface area contributed by atoms with Gasteiger partial charge < -0.3 is 15.5 Å². The lowest BCUT2D eigenvalue weighted by Gasteiger charge is -2.26. The molecule has 2 atom stereocenters. The van der Waals surface area contributed by atoms with Crippen LogP contribution >= 0.6 is 0 Å². The number of nitrogens with one attached hydrogen (secondary N) is 2. The van der Waals surface area contributed by atoms with Crippen molar-refractivity contribution in [2.24, 2.45) is 11.8 Å². The molecule has 114 valence electrons. The van der Waals surface area contributed by atoms with E-state index in [0.717, 1.165) is 24.1 Å². The first kappa shape index (κ1) is 14.0. The number of oxazole rings is 1. The van der Waals surface area contributed by atoms with Crippen LogP contribution in [0, 0.1) is 11.8 Å². The summed E-state index contributed by atoms with van der Waals surface area (Å²) in [5.41, 5.74) is 8.66. The highest BCUT2D eigenvalue weighted by atomic mass is 16.4. The van der Waals surface area contributed by atoms with E-state index in [1.54, 1.807) is 6.07 Å². The summed E-state index contributed by atoms with van der Waals surface area (Å²) < 4.78 is 5.00. The Labute approximate surface area is 123 Å². The largest absolute Gasteiger partial charge is 0.417 e. The van der Waals surface area contributed by atoms with Crippen LogP contribution in [0.3, 0.4) is 0 Å². The molecule has 1 aliphatic rings. The molecule has 0 aliphatic heterocycles. The zero-order chi connectivity index (χ0) is 14.8. The highest BCUT2D eigenvalue weighted by Crippen LogP contribution is 2.31. The lowest BCUT2D eigenvalue weighted by Crippen LogP contribution is -2.16. The van der Waals surface area contributed by atoms with Gasteiger partial charge in [-0.3, -0.25) is 4.98 Å². The summed E-state index contributed by atoms with van der Waals surface area (Å²) in [6.07, 6.45) is 6.59. The van der Waals surface area contributed by atoms with Crippen LogP contribution in [0.2, 0.25) is 0 Å². The maximum atomic E-state index is 11.2. The number of aromatic nitrogens is 1. The van der Waals surface area contributed by atoms with Crippen LogP contribution in [0.15, 0.2) is 21.3 Å². The molecule has 0 radical (unpaired) electrons. The van der Waals surface area contributed by atoms with Crippen molar-refractivity contribution in [3.05, 3.63) is 22.7 Å². The van der Waals surface area contributed by atoms with Crippen LogP contribution < -0.4 is 16.8 Å². The predicted octanol–water partition coefficient (Wildman–Crippen LogP) is 3.33. The maximum absolute atomic E-state index is 11.2. The SMILES string of the molecule is CC1CCCC(CCNc2cc3[nH]c(=O)oc3cc2N)C1. The van der Waals surface area contributed by atoms with Crippen LogP contribution in [0.25, 0.3) is 11.1 Å². The second-order valence-electron chi connectivity index (χ2n) is 6.30. The number of benzene rings is 1. The van der Waals surface area contributed by atoms with Crippen molar-refractivity contribution >= 4 is 22.5 Å². The molecule has 0 spiro atoms. The first-order valence-electron chi connectivity index (χ1n) is 7.78. The Morgan fingerprint density at radius 1 is 1.43 bits per heavy atom. The molecule has 2 aromatic rings. The lowest BCUT2D eigenvalue weighted by molar-refractivity contribution is 0.274. The Bertz CT molecular complexity index is 674. The van der Waals surface area contributed by atoms with Crippen LogP contribution in [-0.4, -0.2) is 11.5 Å². The van der Waals surface area contributed by atoms with Gasteiger partial charge in [-0.1, -0.05) is 26.2 Å². The molecule has 0 amide bonds. The molecule has 4 N–H and O–H groups in total. The van der Waals surface area contributed by atoms with E-state index in [1.165, 1.54) is 32.1 Å². The van der Waals surface area contributed by atoms with Gasteiger partial charge in [-0.25, -0.2) is 4.79 Å². The Morgan fingerprint density at radius 2 is 2.29 bits per heavy atom. The summed E-state index contributed by atoms with van der Waals surface area (Å²) in [5, 5.41) is 3.39. The molecule has 0 saturated heterocycles. The first-order valence-corrected chi connectivity index (χ1v) is 7.78. The Hall–Kier alpha value is -1.91. The van der Waals surface area contributed by atoms with Crippen molar-refractivity contribution in [1.82, 2.24) is 4.98 Å². The van der Waals surface area contributed by atoms with Crippen LogP contribution in [0.4, 0.5) is 11.4 Å². The first-order chi connectivity index (χ1) is 10.1. The van der Waals surface area contributed by atoms with Gasteiger partial charge in [0.1, 0.15) is 0 Å². The average Bonchev–Trinajstić information content (AvgIpc) is 2.78. The molecular weight excluding hydrogens is 266 g/mol. The monoisotopic (exact) mass is 289 g/mol. The molecule has 1 aromatic heterocycles. The normalized spacial score (nSPS) is 22.5. The minimum Gasteiger partial charge on any atom is -0.408 e. The molecule has 1 saturated carbocycles. The molecule has 1 aliphatic carbocycles. The molecule has 5 heteroatoms. The van der Waals surface area contributed by atoms with Crippen molar-refractivity contribution in [1.29, 1.82) is 0 Å². The predicted molar refractivity (Wildman–Crippen MR) is 85.5 cm³/mol. The van der Waals surface area contributed by atoms with Gasteiger partial charge in [-0.05, 0) is 30.7 Å². The van der Waals surface area contributed by atoms with Gasteiger partial charge in [-0.2, -0.15) is 0 Å². The van der Waals surface area contributed by atoms with Gasteiger partial charge in [0.2, 0.25) is 0 Å². The highest BCUT2D eigenvalue weighted by molar-refractivity contribution is 5.85. The third kappa shape index (κ3) is 3.23. The van der Waals surface area contributed by atoms with Crippen LogP contribution in [0.1, 0.15) is 39.0 Å². The second-order valence-corrected chi connectivity index (χ2v) is 6.30. The summed E-state index contributed by atoms with van der Waals surface area (Å²) in [5.74, 6) is 1.24. The summed E-state index contributed by atoms with van der Waals surface area (Å²) in [6.45, 7) is 3.26. The number of H-pyrrole nitrogens is 1. The van der Waals surface area contributed by atoms with Crippen molar-refractivity contribution in [2.75, 3.05) is 17.6 Å². The Balaban J connectivity index is 1.62. The van der Waals surface area contributed by atoms with E-state index >= 15 is 0 Å². The molecule has 0 bridgehead atoms. The zero-order valence-electron chi connectivity index (χ0n) is 12.4. The molecule has 2 unspecified atom stereocenters. The van der Waals surface area contributed by atoms with Gasteiger partial charge >= 0.3 is 5.76 Å². The van der Waals surface area contributed by atoms with Crippen molar-refractivity contribution in [2.45, 2.75) is 39.0 Å². The fraction of sp³-hybridized carbons (Fsp3) is 0.562. The molecule has 5 nitrogen and oxygen atoms in total. The van der Waals surface area contributed by atoms with E-state index in [1.807, 2.05) is 6.07 Å². The Morgan fingerprint density at radius 3 is 3.10 bits per heavy atom. The minimum atomic E-state index is -0.447. The molecule has 3 rings (SSSR count). The number of fused-ring (bicyclic) bond motifs is 1.